The molecule has 1 saturated carbocycles. The summed E-state index contributed by atoms with van der Waals surface area (Å²) in [5, 5.41) is 7.75. The van der Waals surface area contributed by atoms with Gasteiger partial charge in [0.2, 0.25) is 5.95 Å². The van der Waals surface area contributed by atoms with Crippen LogP contribution in [0.3, 0.4) is 0 Å². The fraction of sp³-hybridized carbons (Fsp3) is 0.625. The summed E-state index contributed by atoms with van der Waals surface area (Å²) in [6.07, 6.45) is -3.13. The molecule has 3 atom stereocenters. The minimum atomic E-state index is -4.64. The smallest absolute Gasteiger partial charge is 0.416 e. The van der Waals surface area contributed by atoms with Crippen LogP contribution in [0.1, 0.15) is 59.1 Å². The Morgan fingerprint density at radius 1 is 1.14 bits per heavy atom. The molecule has 2 aliphatic rings. The van der Waals surface area contributed by atoms with Crippen LogP contribution in [0.4, 0.5) is 28.3 Å². The van der Waals surface area contributed by atoms with Gasteiger partial charge in [-0.25, -0.2) is 13.9 Å². The summed E-state index contributed by atoms with van der Waals surface area (Å²) in [6, 6.07) is 1.61. The zero-order chi connectivity index (χ0) is 26.4. The van der Waals surface area contributed by atoms with Crippen molar-refractivity contribution in [2.24, 2.45) is 11.8 Å². The van der Waals surface area contributed by atoms with E-state index in [1.807, 2.05) is 20.8 Å². The predicted molar refractivity (Wildman–Crippen MR) is 123 cm³/mol. The molecule has 2 fully saturated rings. The molecule has 12 heteroatoms. The fourth-order valence-electron chi connectivity index (χ4n) is 4.72. The van der Waals surface area contributed by atoms with Gasteiger partial charge < -0.3 is 19.7 Å². The number of nitrogens with zero attached hydrogens (tertiary/aromatic N) is 4. The van der Waals surface area contributed by atoms with Crippen LogP contribution in [0.15, 0.2) is 18.2 Å². The van der Waals surface area contributed by atoms with Crippen LogP contribution in [-0.4, -0.2) is 50.5 Å². The zero-order valence-electron chi connectivity index (χ0n) is 20.9. The van der Waals surface area contributed by atoms with Gasteiger partial charge in [0.25, 0.3) is 0 Å². The summed E-state index contributed by atoms with van der Waals surface area (Å²) < 4.78 is 65.9. The monoisotopic (exact) mass is 513 g/mol. The van der Waals surface area contributed by atoms with E-state index in [0.29, 0.717) is 31.3 Å². The highest BCUT2D eigenvalue weighted by Crippen LogP contribution is 2.39. The summed E-state index contributed by atoms with van der Waals surface area (Å²) >= 11 is 0. The van der Waals surface area contributed by atoms with Crippen LogP contribution >= 0.6 is 0 Å². The van der Waals surface area contributed by atoms with Crippen molar-refractivity contribution in [3.63, 3.8) is 0 Å². The van der Waals surface area contributed by atoms with Crippen LogP contribution in [0.25, 0.3) is 0 Å². The van der Waals surface area contributed by atoms with Crippen molar-refractivity contribution in [1.29, 1.82) is 0 Å². The maximum absolute atomic E-state index is 14.3. The van der Waals surface area contributed by atoms with E-state index in [0.717, 1.165) is 12.8 Å². The average Bonchev–Trinajstić information content (AvgIpc) is 3.23. The first-order valence-electron chi connectivity index (χ1n) is 12.0. The van der Waals surface area contributed by atoms with E-state index >= 15 is 0 Å². The van der Waals surface area contributed by atoms with Gasteiger partial charge >= 0.3 is 18.3 Å². The second-order valence-electron chi connectivity index (χ2n) is 10.7. The molecule has 1 N–H and O–H groups in total. The highest BCUT2D eigenvalue weighted by atomic mass is 19.4. The molecule has 1 aliphatic heterocycles. The van der Waals surface area contributed by atoms with Crippen LogP contribution in [-0.2, 0) is 10.9 Å². The second kappa shape index (κ2) is 9.44. The Hall–Kier alpha value is -3.05. The molecule has 1 aromatic carbocycles. The van der Waals surface area contributed by atoms with E-state index in [-0.39, 0.29) is 42.0 Å². The van der Waals surface area contributed by atoms with Gasteiger partial charge in [0.05, 0.1) is 11.6 Å². The number of fused-ring (bicyclic) bond motifs is 2. The minimum Gasteiger partial charge on any atom is -0.444 e. The van der Waals surface area contributed by atoms with Gasteiger partial charge in [-0.2, -0.15) is 18.2 Å². The Balaban J connectivity index is 1.50. The summed E-state index contributed by atoms with van der Waals surface area (Å²) in [4.78, 5) is 18.6. The Bertz CT molecular complexity index is 1100. The fourth-order valence-corrected chi connectivity index (χ4v) is 4.72. The van der Waals surface area contributed by atoms with Crippen LogP contribution in [0, 0.1) is 17.7 Å². The van der Waals surface area contributed by atoms with Crippen molar-refractivity contribution >= 4 is 12.0 Å². The average molecular weight is 514 g/mol. The topological polar surface area (TPSA) is 81.5 Å². The van der Waals surface area contributed by atoms with Crippen molar-refractivity contribution in [3.8, 4) is 11.8 Å². The van der Waals surface area contributed by atoms with Gasteiger partial charge in [0.15, 0.2) is 11.6 Å². The number of piperidine rings is 1. The summed E-state index contributed by atoms with van der Waals surface area (Å²) in [7, 11) is 0. The van der Waals surface area contributed by atoms with Gasteiger partial charge in [-0.05, 0) is 77.5 Å². The van der Waals surface area contributed by atoms with Crippen LogP contribution in [0.2, 0.25) is 0 Å². The number of halogens is 4. The maximum Gasteiger partial charge on any atom is 0.416 e. The molecule has 2 heterocycles. The van der Waals surface area contributed by atoms with Gasteiger partial charge in [-0.15, -0.1) is 5.10 Å². The highest BCUT2D eigenvalue weighted by Gasteiger charge is 2.44. The lowest BCUT2D eigenvalue weighted by Gasteiger charge is -2.38. The molecular weight excluding hydrogens is 482 g/mol. The van der Waals surface area contributed by atoms with Crippen molar-refractivity contribution < 1.29 is 31.8 Å². The third-order valence-electron chi connectivity index (χ3n) is 6.33. The van der Waals surface area contributed by atoms with Gasteiger partial charge in [0.1, 0.15) is 5.60 Å². The molecule has 8 nitrogen and oxygen atoms in total. The van der Waals surface area contributed by atoms with Gasteiger partial charge in [-0.3, -0.25) is 0 Å². The third-order valence-corrected chi connectivity index (χ3v) is 6.33. The lowest BCUT2D eigenvalue weighted by molar-refractivity contribution is -0.137. The Kier molecular flexibility index (Phi) is 6.82. The Labute approximate surface area is 207 Å². The number of hydrogen-bond acceptors (Lipinski definition) is 6. The lowest BCUT2D eigenvalue weighted by Crippen LogP contribution is -2.51. The Morgan fingerprint density at radius 3 is 2.33 bits per heavy atom. The number of amides is 1. The van der Waals surface area contributed by atoms with E-state index in [2.05, 4.69) is 15.4 Å². The first-order valence-corrected chi connectivity index (χ1v) is 12.0. The number of aromatic nitrogens is 3. The molecule has 1 aliphatic carbocycles. The van der Waals surface area contributed by atoms with E-state index in [1.165, 1.54) is 4.68 Å². The Morgan fingerprint density at radius 2 is 1.78 bits per heavy atom. The molecule has 2 bridgehead atoms. The number of carbonyl (C=O) groups excluding carboxylic acids is 1. The maximum atomic E-state index is 14.3. The molecule has 1 saturated heterocycles. The first-order chi connectivity index (χ1) is 16.7. The number of alkyl halides is 3. The first kappa shape index (κ1) is 26.0. The summed E-state index contributed by atoms with van der Waals surface area (Å²) in [5.74, 6) is -0.974. The molecule has 4 rings (SSSR count). The number of carbonyl (C=O) groups is 1. The number of benzene rings is 1. The molecule has 1 amide bonds. The SMILES string of the molecule is CC(C)n1nc(NC2[C@@H]3CC[C@H]2CN(C(=O)OC(C)(C)C)C3)nc1Oc1cc(C(F)(F)F)ccc1F. The van der Waals surface area contributed by atoms with Gasteiger partial charge in [0, 0.05) is 19.1 Å². The second-order valence-corrected chi connectivity index (χ2v) is 10.7. The minimum absolute atomic E-state index is 0.00448. The standard InChI is InChI=1S/C24H31F4N5O3/c1-13(2)33-21(35-18-10-16(24(26,27)28)8-9-17(18)25)30-20(31-33)29-19-14-6-7-15(19)12-32(11-14)22(34)36-23(3,4)5/h8-10,13-15,19H,6-7,11-12H2,1-5H3,(H,29,31)/t14-,15+,19?. The molecule has 36 heavy (non-hydrogen) atoms. The lowest BCUT2D eigenvalue weighted by atomic mass is 9.92. The molecule has 2 aromatic rings. The quantitative estimate of drug-likeness (QED) is 0.504. The van der Waals surface area contributed by atoms with E-state index in [1.54, 1.807) is 18.7 Å². The number of ether oxygens (including phenoxy) is 2. The number of hydrogen-bond donors (Lipinski definition) is 1. The van der Waals surface area contributed by atoms with Crippen molar-refractivity contribution in [3.05, 3.63) is 29.6 Å². The zero-order valence-corrected chi connectivity index (χ0v) is 20.9. The van der Waals surface area contributed by atoms with Crippen LogP contribution in [0.5, 0.6) is 11.8 Å². The van der Waals surface area contributed by atoms with Crippen LogP contribution < -0.4 is 10.1 Å². The largest absolute Gasteiger partial charge is 0.444 e. The third kappa shape index (κ3) is 5.67. The van der Waals surface area contributed by atoms with Crippen molar-refractivity contribution in [2.75, 3.05) is 18.4 Å². The molecule has 0 radical (unpaired) electrons. The molecule has 1 aromatic heterocycles. The normalized spacial score (nSPS) is 22.2. The number of nitrogens with one attached hydrogen (secondary N) is 1. The van der Waals surface area contributed by atoms with Gasteiger partial charge in [-0.1, -0.05) is 0 Å². The summed E-state index contributed by atoms with van der Waals surface area (Å²) in [6.45, 7) is 10.2. The highest BCUT2D eigenvalue weighted by molar-refractivity contribution is 5.68. The molecule has 1 unspecified atom stereocenters. The van der Waals surface area contributed by atoms with E-state index in [4.69, 9.17) is 9.47 Å². The number of anilines is 1. The number of likely N-dealkylation sites (tertiary alicyclic amines) is 1. The predicted octanol–water partition coefficient (Wildman–Crippen LogP) is 5.87. The van der Waals surface area contributed by atoms with Crippen molar-refractivity contribution in [1.82, 2.24) is 19.7 Å². The molecular formula is C24H31F4N5O3. The molecule has 198 valence electrons. The number of rotatable bonds is 5. The summed E-state index contributed by atoms with van der Waals surface area (Å²) in [5.41, 5.74) is -1.60. The van der Waals surface area contributed by atoms with Crippen molar-refractivity contribution in [2.45, 2.75) is 71.3 Å². The molecule has 0 spiro atoms. The van der Waals surface area contributed by atoms with E-state index < -0.39 is 28.9 Å². The van der Waals surface area contributed by atoms with E-state index in [9.17, 15) is 22.4 Å².